The molecule has 0 unspecified atom stereocenters. The summed E-state index contributed by atoms with van der Waals surface area (Å²) in [5.74, 6) is 0.268. The maximum atomic E-state index is 12.4. The lowest BCUT2D eigenvalue weighted by Crippen LogP contribution is -2.14. The van der Waals surface area contributed by atoms with Crippen molar-refractivity contribution in [2.24, 2.45) is 0 Å². The Morgan fingerprint density at radius 3 is 2.89 bits per heavy atom. The van der Waals surface area contributed by atoms with Crippen LogP contribution >= 0.6 is 11.8 Å². The molecular weight excluding hydrogens is 378 g/mol. The van der Waals surface area contributed by atoms with E-state index < -0.39 is 5.97 Å². The van der Waals surface area contributed by atoms with E-state index in [1.807, 2.05) is 38.1 Å². The summed E-state index contributed by atoms with van der Waals surface area (Å²) in [4.78, 5) is 31.5. The van der Waals surface area contributed by atoms with Gasteiger partial charge in [-0.1, -0.05) is 12.1 Å². The number of thioether (sulfide) groups is 1. The molecule has 0 saturated carbocycles. The molecule has 8 nitrogen and oxygen atoms in total. The number of carboxylic acid groups (broad SMARTS) is 1. The van der Waals surface area contributed by atoms with Crippen molar-refractivity contribution < 1.29 is 14.7 Å². The Kier molecular flexibility index (Phi) is 6.25. The van der Waals surface area contributed by atoms with Gasteiger partial charge in [-0.3, -0.25) is 9.59 Å². The highest BCUT2D eigenvalue weighted by Crippen LogP contribution is 2.18. The number of hydrogen-bond acceptors (Lipinski definition) is 6. The van der Waals surface area contributed by atoms with Gasteiger partial charge in [-0.2, -0.15) is 10.1 Å². The molecule has 0 bridgehead atoms. The fraction of sp³-hybridized carbons (Fsp3) is 0.316. The molecule has 0 aliphatic rings. The van der Waals surface area contributed by atoms with Crippen LogP contribution in [0.2, 0.25) is 0 Å². The molecule has 3 rings (SSSR count). The van der Waals surface area contributed by atoms with Crippen molar-refractivity contribution in [3.05, 3.63) is 53.1 Å². The Morgan fingerprint density at radius 2 is 2.11 bits per heavy atom. The SMILES string of the molecule is Cc1nc2ncnn2c(C)c1CCC(=O)Nc1cccc(CSCC(=O)O)c1. The summed E-state index contributed by atoms with van der Waals surface area (Å²) in [6.45, 7) is 3.86. The second-order valence-electron chi connectivity index (χ2n) is 6.37. The van der Waals surface area contributed by atoms with Crippen molar-refractivity contribution in [1.29, 1.82) is 0 Å². The van der Waals surface area contributed by atoms with Gasteiger partial charge in [0.2, 0.25) is 5.91 Å². The molecule has 2 heterocycles. The fourth-order valence-electron chi connectivity index (χ4n) is 2.97. The first kappa shape index (κ1) is 19.8. The minimum absolute atomic E-state index is 0.0550. The Morgan fingerprint density at radius 1 is 1.29 bits per heavy atom. The van der Waals surface area contributed by atoms with Crippen molar-refractivity contribution in [3.63, 3.8) is 0 Å². The number of carboxylic acids is 1. The van der Waals surface area contributed by atoms with Gasteiger partial charge < -0.3 is 10.4 Å². The molecule has 0 aliphatic carbocycles. The van der Waals surface area contributed by atoms with E-state index in [1.54, 1.807) is 4.52 Å². The van der Waals surface area contributed by atoms with Crippen LogP contribution in [-0.4, -0.2) is 42.3 Å². The van der Waals surface area contributed by atoms with Crippen molar-refractivity contribution in [2.75, 3.05) is 11.1 Å². The van der Waals surface area contributed by atoms with E-state index in [2.05, 4.69) is 20.4 Å². The lowest BCUT2D eigenvalue weighted by Gasteiger charge is -2.11. The van der Waals surface area contributed by atoms with E-state index in [-0.39, 0.29) is 11.7 Å². The van der Waals surface area contributed by atoms with E-state index in [4.69, 9.17) is 5.11 Å². The molecule has 2 N–H and O–H groups in total. The third-order valence-corrected chi connectivity index (χ3v) is 5.28. The molecule has 3 aromatic rings. The van der Waals surface area contributed by atoms with Crippen molar-refractivity contribution in [2.45, 2.75) is 32.4 Å². The van der Waals surface area contributed by atoms with Gasteiger partial charge in [-0.25, -0.2) is 9.50 Å². The predicted octanol–water partition coefficient (Wildman–Crippen LogP) is 2.63. The zero-order valence-corrected chi connectivity index (χ0v) is 16.5. The molecule has 146 valence electrons. The number of nitrogens with zero attached hydrogens (tertiary/aromatic N) is 4. The number of fused-ring (bicyclic) bond motifs is 1. The van der Waals surface area contributed by atoms with Gasteiger partial charge in [0.15, 0.2) is 0 Å². The third-order valence-electron chi connectivity index (χ3n) is 4.30. The molecular formula is C19H21N5O3S. The molecule has 9 heteroatoms. The minimum atomic E-state index is -0.835. The van der Waals surface area contributed by atoms with Gasteiger partial charge in [0.05, 0.1) is 5.75 Å². The third kappa shape index (κ3) is 4.86. The summed E-state index contributed by atoms with van der Waals surface area (Å²) in [6, 6.07) is 7.45. The average molecular weight is 399 g/mol. The summed E-state index contributed by atoms with van der Waals surface area (Å²) in [6.07, 6.45) is 2.34. The topological polar surface area (TPSA) is 109 Å². The molecule has 0 radical (unpaired) electrons. The van der Waals surface area contributed by atoms with Crippen LogP contribution in [-0.2, 0) is 21.8 Å². The van der Waals surface area contributed by atoms with E-state index >= 15 is 0 Å². The second-order valence-corrected chi connectivity index (χ2v) is 7.35. The number of aromatic nitrogens is 4. The number of carbonyl (C=O) groups excluding carboxylic acids is 1. The summed E-state index contributed by atoms with van der Waals surface area (Å²) in [7, 11) is 0. The molecule has 0 aliphatic heterocycles. The van der Waals surface area contributed by atoms with E-state index in [0.717, 1.165) is 22.5 Å². The normalized spacial score (nSPS) is 10.9. The number of aryl methyl sites for hydroxylation is 2. The van der Waals surface area contributed by atoms with Crippen LogP contribution in [0, 0.1) is 13.8 Å². The molecule has 1 aromatic carbocycles. The first-order valence-electron chi connectivity index (χ1n) is 8.78. The van der Waals surface area contributed by atoms with Crippen LogP contribution in [0.25, 0.3) is 5.78 Å². The second kappa shape index (κ2) is 8.83. The highest BCUT2D eigenvalue weighted by molar-refractivity contribution is 7.99. The van der Waals surface area contributed by atoms with E-state index in [0.29, 0.717) is 30.1 Å². The molecule has 28 heavy (non-hydrogen) atoms. The number of nitrogens with one attached hydrogen (secondary N) is 1. The van der Waals surface area contributed by atoms with Crippen LogP contribution < -0.4 is 5.32 Å². The minimum Gasteiger partial charge on any atom is -0.481 e. The van der Waals surface area contributed by atoms with Gasteiger partial charge >= 0.3 is 5.97 Å². The number of carbonyl (C=O) groups is 2. The van der Waals surface area contributed by atoms with Crippen LogP contribution in [0.15, 0.2) is 30.6 Å². The Hall–Kier alpha value is -2.94. The number of aliphatic carboxylic acids is 1. The fourth-order valence-corrected chi connectivity index (χ4v) is 3.67. The monoisotopic (exact) mass is 399 g/mol. The van der Waals surface area contributed by atoms with Crippen LogP contribution in [0.1, 0.15) is 28.9 Å². The van der Waals surface area contributed by atoms with Crippen molar-refractivity contribution >= 4 is 35.1 Å². The van der Waals surface area contributed by atoms with E-state index in [1.165, 1.54) is 18.1 Å². The van der Waals surface area contributed by atoms with Crippen LogP contribution in [0.5, 0.6) is 0 Å². The lowest BCUT2D eigenvalue weighted by molar-refractivity contribution is -0.133. The molecule has 0 fully saturated rings. The summed E-state index contributed by atoms with van der Waals surface area (Å²) in [5, 5.41) is 15.8. The average Bonchev–Trinajstić information content (AvgIpc) is 3.10. The highest BCUT2D eigenvalue weighted by atomic mass is 32.2. The van der Waals surface area contributed by atoms with Gasteiger partial charge in [-0.15, -0.1) is 11.8 Å². The molecule has 2 aromatic heterocycles. The van der Waals surface area contributed by atoms with Crippen LogP contribution in [0.4, 0.5) is 5.69 Å². The number of amides is 1. The summed E-state index contributed by atoms with van der Waals surface area (Å²) >= 11 is 1.32. The molecule has 0 atom stereocenters. The van der Waals surface area contributed by atoms with Gasteiger partial charge in [-0.05, 0) is 43.5 Å². The summed E-state index contributed by atoms with van der Waals surface area (Å²) < 4.78 is 1.68. The maximum absolute atomic E-state index is 12.4. The largest absolute Gasteiger partial charge is 0.481 e. The summed E-state index contributed by atoms with van der Waals surface area (Å²) in [5.41, 5.74) is 4.45. The lowest BCUT2D eigenvalue weighted by atomic mass is 10.1. The van der Waals surface area contributed by atoms with Gasteiger partial charge in [0, 0.05) is 29.2 Å². The highest BCUT2D eigenvalue weighted by Gasteiger charge is 2.13. The molecule has 1 amide bonds. The van der Waals surface area contributed by atoms with Crippen molar-refractivity contribution in [3.8, 4) is 0 Å². The number of benzene rings is 1. The zero-order valence-electron chi connectivity index (χ0n) is 15.7. The van der Waals surface area contributed by atoms with E-state index in [9.17, 15) is 9.59 Å². The van der Waals surface area contributed by atoms with Gasteiger partial charge in [0.1, 0.15) is 6.33 Å². The smallest absolute Gasteiger partial charge is 0.313 e. The molecule has 0 spiro atoms. The zero-order chi connectivity index (χ0) is 20.1. The number of anilines is 1. The van der Waals surface area contributed by atoms with Crippen LogP contribution in [0.3, 0.4) is 0 Å². The van der Waals surface area contributed by atoms with Gasteiger partial charge in [0.25, 0.3) is 5.78 Å². The Balaban J connectivity index is 1.60. The standard InChI is InChI=1S/C19H21N5O3S/c1-12-16(13(2)24-19(22-12)20-11-21-24)6-7-17(25)23-15-5-3-4-14(8-15)9-28-10-18(26)27/h3-5,8,11H,6-7,9-10H2,1-2H3,(H,23,25)(H,26,27). The Labute approximate surface area is 166 Å². The molecule has 0 saturated heterocycles. The number of rotatable bonds is 8. The first-order valence-corrected chi connectivity index (χ1v) is 9.93. The quantitative estimate of drug-likeness (QED) is 0.599. The predicted molar refractivity (Wildman–Crippen MR) is 107 cm³/mol. The van der Waals surface area contributed by atoms with Crippen molar-refractivity contribution in [1.82, 2.24) is 19.6 Å². The maximum Gasteiger partial charge on any atom is 0.313 e. The first-order chi connectivity index (χ1) is 13.4. The number of hydrogen-bond donors (Lipinski definition) is 2. The Bertz CT molecular complexity index is 1020.